The van der Waals surface area contributed by atoms with Crippen LogP contribution in [0.25, 0.3) is 11.5 Å². The fourth-order valence-electron chi connectivity index (χ4n) is 6.35. The highest BCUT2D eigenvalue weighted by molar-refractivity contribution is 6.05. The highest BCUT2D eigenvalue weighted by Gasteiger charge is 2.49. The average Bonchev–Trinajstić information content (AvgIpc) is 3.49. The summed E-state index contributed by atoms with van der Waals surface area (Å²) >= 11 is 0. The van der Waals surface area contributed by atoms with Crippen LogP contribution >= 0.6 is 0 Å². The number of likely N-dealkylation sites (tertiary alicyclic amines) is 1. The summed E-state index contributed by atoms with van der Waals surface area (Å²) in [7, 11) is 0. The normalized spacial score (nSPS) is 24.8. The Labute approximate surface area is 232 Å². The van der Waals surface area contributed by atoms with E-state index >= 15 is 0 Å². The molecule has 3 aromatic rings. The van der Waals surface area contributed by atoms with E-state index in [1.165, 1.54) is 0 Å². The molecule has 40 heavy (non-hydrogen) atoms. The van der Waals surface area contributed by atoms with E-state index in [4.69, 9.17) is 4.42 Å². The van der Waals surface area contributed by atoms with Gasteiger partial charge in [0.15, 0.2) is 0 Å². The molecular weight excluding hydrogens is 510 g/mol. The number of piperidine rings is 2. The molecule has 0 spiro atoms. The highest BCUT2D eigenvalue weighted by atomic mass is 16.4. The number of amides is 3. The minimum Gasteiger partial charge on any atom is -0.421 e. The van der Waals surface area contributed by atoms with Crippen LogP contribution < -0.4 is 5.32 Å². The lowest BCUT2D eigenvalue weighted by atomic mass is 9.66. The third-order valence-electron chi connectivity index (χ3n) is 8.66. The molecule has 2 N–H and O–H groups in total. The number of aromatic nitrogens is 2. The number of rotatable bonds is 5. The van der Waals surface area contributed by atoms with E-state index in [-0.39, 0.29) is 24.8 Å². The number of carbonyl (C=O) groups is 3. The monoisotopic (exact) mass is 543 g/mol. The first-order chi connectivity index (χ1) is 19.0. The second-order valence-electron chi connectivity index (χ2n) is 11.8. The van der Waals surface area contributed by atoms with Crippen molar-refractivity contribution in [3.8, 4) is 11.5 Å². The van der Waals surface area contributed by atoms with Gasteiger partial charge >= 0.3 is 0 Å². The number of nitrogens with one attached hydrogen (secondary N) is 1. The van der Waals surface area contributed by atoms with Crippen LogP contribution in [0.3, 0.4) is 0 Å². The van der Waals surface area contributed by atoms with Crippen molar-refractivity contribution in [1.29, 1.82) is 0 Å². The van der Waals surface area contributed by atoms with Gasteiger partial charge in [-0.3, -0.25) is 24.6 Å². The Hall–Kier alpha value is -3.89. The number of carbonyl (C=O) groups excluding carboxylic acids is 3. The van der Waals surface area contributed by atoms with E-state index in [1.54, 1.807) is 17.9 Å². The highest BCUT2D eigenvalue weighted by Crippen LogP contribution is 2.47. The van der Waals surface area contributed by atoms with Crippen molar-refractivity contribution in [2.75, 3.05) is 13.1 Å². The van der Waals surface area contributed by atoms with Crippen molar-refractivity contribution < 1.29 is 23.9 Å². The number of aryl methyl sites for hydroxylation is 1. The maximum absolute atomic E-state index is 13.1. The Morgan fingerprint density at radius 1 is 1.10 bits per heavy atom. The fraction of sp³-hybridized carbons (Fsp3) is 0.433. The molecule has 0 bridgehead atoms. The molecule has 0 aliphatic carbocycles. The Morgan fingerprint density at radius 3 is 2.55 bits per heavy atom. The quantitative estimate of drug-likeness (QED) is 0.470. The number of hydrogen-bond donors (Lipinski definition) is 2. The van der Waals surface area contributed by atoms with Gasteiger partial charge in [-0.25, -0.2) is 0 Å². The second kappa shape index (κ2) is 9.64. The smallest absolute Gasteiger partial charge is 0.255 e. The van der Waals surface area contributed by atoms with Crippen molar-refractivity contribution in [2.24, 2.45) is 5.41 Å². The predicted octanol–water partition coefficient (Wildman–Crippen LogP) is 2.93. The molecule has 1 aromatic heterocycles. The molecule has 2 fully saturated rings. The van der Waals surface area contributed by atoms with Gasteiger partial charge in [0.05, 0.1) is 5.60 Å². The average molecular weight is 544 g/mol. The second-order valence-corrected chi connectivity index (χ2v) is 11.8. The van der Waals surface area contributed by atoms with E-state index in [9.17, 15) is 19.5 Å². The van der Waals surface area contributed by atoms with Crippen molar-refractivity contribution in [1.82, 2.24) is 25.3 Å². The van der Waals surface area contributed by atoms with Crippen LogP contribution in [0.4, 0.5) is 0 Å². The minimum absolute atomic E-state index is 0.211. The molecular formula is C30H33N5O5. The molecule has 2 atom stereocenters. The molecule has 10 heteroatoms. The molecule has 6 rings (SSSR count). The first-order valence-corrected chi connectivity index (χ1v) is 13.7. The van der Waals surface area contributed by atoms with E-state index in [0.717, 1.165) is 28.8 Å². The Morgan fingerprint density at radius 2 is 1.88 bits per heavy atom. The standard InChI is InChI=1S/C30H33N5O5/c1-18-32-33-27(40-18)20-6-4-19(5-7-20)15-34-13-12-30(39,29(2,3)17-34)22-8-9-23-21(14-22)16-35(28(23)38)24-10-11-25(36)31-26(24)37/h4-9,14,24,39H,10-13,15-17H2,1-3H3,(H,31,36,37). The lowest BCUT2D eigenvalue weighted by Crippen LogP contribution is -2.55. The zero-order valence-electron chi connectivity index (χ0n) is 22.9. The van der Waals surface area contributed by atoms with E-state index in [1.807, 2.05) is 24.3 Å². The van der Waals surface area contributed by atoms with E-state index < -0.39 is 23.0 Å². The Bertz CT molecular complexity index is 1500. The minimum atomic E-state index is -1.08. The molecule has 4 heterocycles. The summed E-state index contributed by atoms with van der Waals surface area (Å²) in [5.41, 5.74) is 2.63. The molecule has 208 valence electrons. The van der Waals surface area contributed by atoms with Gasteiger partial charge in [-0.05, 0) is 47.7 Å². The summed E-state index contributed by atoms with van der Waals surface area (Å²) < 4.78 is 5.52. The van der Waals surface area contributed by atoms with Crippen molar-refractivity contribution in [3.63, 3.8) is 0 Å². The molecule has 3 amide bonds. The van der Waals surface area contributed by atoms with Gasteiger partial charge < -0.3 is 14.4 Å². The maximum atomic E-state index is 13.1. The number of nitrogens with zero attached hydrogens (tertiary/aromatic N) is 4. The van der Waals surface area contributed by atoms with Gasteiger partial charge in [-0.2, -0.15) is 0 Å². The van der Waals surface area contributed by atoms with Crippen LogP contribution in [-0.4, -0.2) is 62.0 Å². The number of benzene rings is 2. The van der Waals surface area contributed by atoms with Crippen LogP contribution in [0.15, 0.2) is 46.9 Å². The van der Waals surface area contributed by atoms with E-state index in [2.05, 4.69) is 46.4 Å². The number of aliphatic hydroxyl groups is 1. The van der Waals surface area contributed by atoms with Crippen LogP contribution in [0.5, 0.6) is 0 Å². The molecule has 0 saturated carbocycles. The van der Waals surface area contributed by atoms with Crippen LogP contribution in [0.2, 0.25) is 0 Å². The van der Waals surface area contributed by atoms with Crippen LogP contribution in [-0.2, 0) is 28.3 Å². The van der Waals surface area contributed by atoms with Crippen molar-refractivity contribution in [3.05, 3.63) is 70.6 Å². The van der Waals surface area contributed by atoms with Gasteiger partial charge in [0.2, 0.25) is 23.6 Å². The topological polar surface area (TPSA) is 129 Å². The molecule has 2 saturated heterocycles. The SMILES string of the molecule is Cc1nnc(-c2ccc(CN3CCC(O)(c4ccc5c(c4)CN(C4CCC(=O)NC4=O)C5=O)C(C)(C)C3)cc2)o1. The van der Waals surface area contributed by atoms with Crippen LogP contribution in [0.1, 0.15) is 66.0 Å². The van der Waals surface area contributed by atoms with Crippen molar-refractivity contribution in [2.45, 2.75) is 64.8 Å². The lowest BCUT2D eigenvalue weighted by molar-refractivity contribution is -0.136. The fourth-order valence-corrected chi connectivity index (χ4v) is 6.35. The zero-order valence-corrected chi connectivity index (χ0v) is 22.9. The number of imide groups is 1. The summed E-state index contributed by atoms with van der Waals surface area (Å²) in [6.07, 6.45) is 1.08. The third-order valence-corrected chi connectivity index (χ3v) is 8.66. The zero-order chi connectivity index (χ0) is 28.2. The van der Waals surface area contributed by atoms with Crippen molar-refractivity contribution >= 4 is 17.7 Å². The molecule has 2 unspecified atom stereocenters. The molecule has 3 aliphatic heterocycles. The van der Waals surface area contributed by atoms with Gasteiger partial charge in [0.1, 0.15) is 6.04 Å². The Kier molecular flexibility index (Phi) is 6.35. The Balaban J connectivity index is 1.15. The summed E-state index contributed by atoms with van der Waals surface area (Å²) in [5.74, 6) is 0.0917. The molecule has 0 radical (unpaired) electrons. The van der Waals surface area contributed by atoms with Gasteiger partial charge in [0, 0.05) is 56.1 Å². The predicted molar refractivity (Wildman–Crippen MR) is 145 cm³/mol. The summed E-state index contributed by atoms with van der Waals surface area (Å²) in [6.45, 7) is 8.36. The molecule has 3 aliphatic rings. The summed E-state index contributed by atoms with van der Waals surface area (Å²) in [6, 6.07) is 13.0. The molecule has 10 nitrogen and oxygen atoms in total. The van der Waals surface area contributed by atoms with Gasteiger partial charge in [-0.1, -0.05) is 38.1 Å². The summed E-state index contributed by atoms with van der Waals surface area (Å²) in [4.78, 5) is 41.0. The number of hydrogen-bond acceptors (Lipinski definition) is 8. The third kappa shape index (κ3) is 4.50. The van der Waals surface area contributed by atoms with E-state index in [0.29, 0.717) is 43.3 Å². The first-order valence-electron chi connectivity index (χ1n) is 13.7. The summed E-state index contributed by atoms with van der Waals surface area (Å²) in [5, 5.41) is 22.4. The largest absolute Gasteiger partial charge is 0.421 e. The maximum Gasteiger partial charge on any atom is 0.255 e. The van der Waals surface area contributed by atoms with Gasteiger partial charge in [-0.15, -0.1) is 10.2 Å². The lowest BCUT2D eigenvalue weighted by Gasteiger charge is -2.50. The van der Waals surface area contributed by atoms with Gasteiger partial charge in [0.25, 0.3) is 5.91 Å². The van der Waals surface area contributed by atoms with Crippen LogP contribution in [0, 0.1) is 12.3 Å². The number of fused-ring (bicyclic) bond motifs is 1. The molecule has 2 aromatic carbocycles. The first kappa shape index (κ1) is 26.3.